The number of hydrogen-bond acceptors (Lipinski definition) is 7. The molecule has 0 radical (unpaired) electrons. The molecular weight excluding hydrogens is 584 g/mol. The number of aromatic carboxylic acids is 1. The molecule has 0 bridgehead atoms. The van der Waals surface area contributed by atoms with Gasteiger partial charge in [0.05, 0.1) is 34.9 Å². The second-order valence-corrected chi connectivity index (χ2v) is 10.9. The first-order chi connectivity index (χ1) is 21.7. The maximum Gasteiger partial charge on any atom is 0.335 e. The third-order valence-electron chi connectivity index (χ3n) is 7.57. The fraction of sp³-hybridized carbons (Fsp3) is 0.242. The number of rotatable bonds is 10. The minimum Gasteiger partial charge on any atom is -0.478 e. The molecule has 230 valence electrons. The smallest absolute Gasteiger partial charge is 0.335 e. The van der Waals surface area contributed by atoms with Gasteiger partial charge in [-0.25, -0.2) is 23.5 Å². The molecule has 4 heterocycles. The van der Waals surface area contributed by atoms with Gasteiger partial charge >= 0.3 is 5.97 Å². The molecule has 1 aliphatic heterocycles. The van der Waals surface area contributed by atoms with Gasteiger partial charge in [-0.05, 0) is 54.4 Å². The second-order valence-electron chi connectivity index (χ2n) is 10.9. The zero-order valence-corrected chi connectivity index (χ0v) is 24.5. The van der Waals surface area contributed by atoms with Gasteiger partial charge in [0.25, 0.3) is 5.91 Å². The van der Waals surface area contributed by atoms with Gasteiger partial charge < -0.3 is 24.0 Å². The highest BCUT2D eigenvalue weighted by molar-refractivity contribution is 5.93. The summed E-state index contributed by atoms with van der Waals surface area (Å²) in [5.41, 5.74) is 2.52. The van der Waals surface area contributed by atoms with Gasteiger partial charge in [-0.2, -0.15) is 0 Å². The van der Waals surface area contributed by atoms with Gasteiger partial charge in [-0.15, -0.1) is 0 Å². The van der Waals surface area contributed by atoms with Gasteiger partial charge in [0.1, 0.15) is 29.8 Å². The Morgan fingerprint density at radius 2 is 1.89 bits per heavy atom. The van der Waals surface area contributed by atoms with Crippen LogP contribution >= 0.6 is 0 Å². The minimum absolute atomic E-state index is 0.0175. The Morgan fingerprint density at radius 1 is 1.07 bits per heavy atom. The molecule has 1 N–H and O–H groups in total. The number of carboxylic acids is 1. The summed E-state index contributed by atoms with van der Waals surface area (Å²) >= 11 is 0. The number of nitrogens with zero attached hydrogens (tertiary/aromatic N) is 5. The lowest BCUT2D eigenvalue weighted by molar-refractivity contribution is -0.0589. The van der Waals surface area contributed by atoms with Crippen LogP contribution in [0.25, 0.3) is 22.3 Å². The molecular formula is C33H29F2N5O5. The quantitative estimate of drug-likeness (QED) is 0.230. The summed E-state index contributed by atoms with van der Waals surface area (Å²) in [6.45, 7) is 1.16. The van der Waals surface area contributed by atoms with Crippen molar-refractivity contribution >= 4 is 22.9 Å². The van der Waals surface area contributed by atoms with Crippen molar-refractivity contribution < 1.29 is 33.0 Å². The first kappa shape index (κ1) is 29.8. The summed E-state index contributed by atoms with van der Waals surface area (Å²) in [6.07, 6.45) is 2.29. The zero-order valence-electron chi connectivity index (χ0n) is 24.5. The van der Waals surface area contributed by atoms with E-state index in [4.69, 9.17) is 9.47 Å². The van der Waals surface area contributed by atoms with Gasteiger partial charge in [0.2, 0.25) is 5.88 Å². The lowest BCUT2D eigenvalue weighted by Crippen LogP contribution is -2.31. The molecule has 5 aromatic rings. The van der Waals surface area contributed by atoms with Crippen LogP contribution in [0.4, 0.5) is 8.78 Å². The van der Waals surface area contributed by atoms with E-state index in [2.05, 4.69) is 15.0 Å². The van der Waals surface area contributed by atoms with Crippen LogP contribution in [0.15, 0.2) is 66.9 Å². The van der Waals surface area contributed by atoms with E-state index >= 15 is 8.78 Å². The Bertz CT molecular complexity index is 1900. The molecule has 1 amide bonds. The van der Waals surface area contributed by atoms with Crippen LogP contribution in [0.5, 0.6) is 5.88 Å². The number of hydrogen-bond donors (Lipinski definition) is 1. The zero-order chi connectivity index (χ0) is 31.7. The van der Waals surface area contributed by atoms with Crippen LogP contribution < -0.4 is 4.74 Å². The average Bonchev–Trinajstić information content (AvgIpc) is 3.35. The lowest BCUT2D eigenvalue weighted by atomic mass is 10.0. The Kier molecular flexibility index (Phi) is 8.22. The predicted molar refractivity (Wildman–Crippen MR) is 160 cm³/mol. The SMILES string of the molecule is CN(C)C(=O)c1ccc(COc2cccc(-c3cc(F)c(Cc4nc5ccc(C(=O)O)cc5n4CC4CCO4)cc3F)n2)cn1. The second kappa shape index (κ2) is 12.4. The van der Waals surface area contributed by atoms with E-state index in [-0.39, 0.29) is 53.3 Å². The number of carbonyl (C=O) groups excluding carboxylic acids is 1. The van der Waals surface area contributed by atoms with Crippen LogP contribution in [-0.2, 0) is 24.3 Å². The number of imidazole rings is 1. The Labute approximate surface area is 256 Å². The number of ether oxygens (including phenoxy) is 2. The number of halogens is 2. The minimum atomic E-state index is -1.07. The molecule has 0 spiro atoms. The molecule has 2 aromatic carbocycles. The number of carbonyl (C=O) groups is 2. The third-order valence-corrected chi connectivity index (χ3v) is 7.57. The number of fused-ring (bicyclic) bond motifs is 1. The normalized spacial score (nSPS) is 14.3. The van der Waals surface area contributed by atoms with Crippen molar-refractivity contribution in [2.24, 2.45) is 0 Å². The van der Waals surface area contributed by atoms with Gasteiger partial charge in [0.15, 0.2) is 0 Å². The Balaban J connectivity index is 1.22. The van der Waals surface area contributed by atoms with Crippen LogP contribution in [0.2, 0.25) is 0 Å². The molecule has 3 aromatic heterocycles. The molecule has 10 nitrogen and oxygen atoms in total. The highest BCUT2D eigenvalue weighted by Crippen LogP contribution is 2.29. The largest absolute Gasteiger partial charge is 0.478 e. The maximum absolute atomic E-state index is 15.5. The van der Waals surface area contributed by atoms with Crippen molar-refractivity contribution in [2.45, 2.75) is 32.1 Å². The van der Waals surface area contributed by atoms with Crippen LogP contribution in [0, 0.1) is 11.6 Å². The number of pyridine rings is 2. The number of carboxylic acid groups (broad SMARTS) is 1. The third kappa shape index (κ3) is 6.36. The Morgan fingerprint density at radius 3 is 2.58 bits per heavy atom. The summed E-state index contributed by atoms with van der Waals surface area (Å²) in [6, 6.07) is 15.0. The van der Waals surface area contributed by atoms with Crippen molar-refractivity contribution in [2.75, 3.05) is 20.7 Å². The van der Waals surface area contributed by atoms with Gasteiger partial charge in [-0.1, -0.05) is 12.1 Å². The van der Waals surface area contributed by atoms with E-state index in [0.29, 0.717) is 41.3 Å². The van der Waals surface area contributed by atoms with Crippen molar-refractivity contribution in [1.29, 1.82) is 0 Å². The van der Waals surface area contributed by atoms with E-state index in [1.807, 2.05) is 4.57 Å². The Hall–Kier alpha value is -5.23. The van der Waals surface area contributed by atoms with Gasteiger partial charge in [-0.3, -0.25) is 9.78 Å². The molecule has 1 unspecified atom stereocenters. The van der Waals surface area contributed by atoms with Crippen LogP contribution in [-0.4, -0.2) is 68.2 Å². The summed E-state index contributed by atoms with van der Waals surface area (Å²) in [4.78, 5) is 38.2. The average molecular weight is 614 g/mol. The monoisotopic (exact) mass is 613 g/mol. The highest BCUT2D eigenvalue weighted by Gasteiger charge is 2.24. The van der Waals surface area contributed by atoms with E-state index < -0.39 is 17.6 Å². The molecule has 0 aliphatic carbocycles. The topological polar surface area (TPSA) is 120 Å². The lowest BCUT2D eigenvalue weighted by Gasteiger charge is -2.27. The molecule has 12 heteroatoms. The number of benzene rings is 2. The van der Waals surface area contributed by atoms with E-state index in [0.717, 1.165) is 18.6 Å². The van der Waals surface area contributed by atoms with Gasteiger partial charge in [0, 0.05) is 50.5 Å². The first-order valence-corrected chi connectivity index (χ1v) is 14.2. The molecule has 1 saturated heterocycles. The number of aromatic nitrogens is 4. The van der Waals surface area contributed by atoms with Crippen LogP contribution in [0.1, 0.15) is 44.2 Å². The van der Waals surface area contributed by atoms with Crippen molar-refractivity contribution in [3.8, 4) is 17.1 Å². The molecule has 1 atom stereocenters. The van der Waals surface area contributed by atoms with Crippen molar-refractivity contribution in [3.05, 3.63) is 107 Å². The van der Waals surface area contributed by atoms with Crippen LogP contribution in [0.3, 0.4) is 0 Å². The molecule has 1 fully saturated rings. The fourth-order valence-corrected chi connectivity index (χ4v) is 5.03. The van der Waals surface area contributed by atoms with Crippen molar-refractivity contribution in [1.82, 2.24) is 24.4 Å². The highest BCUT2D eigenvalue weighted by atomic mass is 19.1. The summed E-state index contributed by atoms with van der Waals surface area (Å²) in [5, 5.41) is 9.47. The van der Waals surface area contributed by atoms with E-state index in [9.17, 15) is 14.7 Å². The summed E-state index contributed by atoms with van der Waals surface area (Å²) in [5.74, 6) is -1.91. The van der Waals surface area contributed by atoms with E-state index in [1.54, 1.807) is 50.5 Å². The maximum atomic E-state index is 15.5. The van der Waals surface area contributed by atoms with Crippen molar-refractivity contribution in [3.63, 3.8) is 0 Å². The summed E-state index contributed by atoms with van der Waals surface area (Å²) in [7, 11) is 3.29. The molecule has 6 rings (SSSR count). The summed E-state index contributed by atoms with van der Waals surface area (Å²) < 4.78 is 44.2. The number of amides is 1. The van der Waals surface area contributed by atoms with E-state index in [1.165, 1.54) is 23.2 Å². The molecule has 0 saturated carbocycles. The first-order valence-electron chi connectivity index (χ1n) is 14.2. The molecule has 45 heavy (non-hydrogen) atoms. The fourth-order valence-electron chi connectivity index (χ4n) is 5.03. The standard InChI is InChI=1S/C33H29F2N5O5/c1-39(2)32(41)28-8-6-19(16-36-28)18-45-31-5-3-4-26(38-31)23-15-24(34)21(12-25(23)35)14-30-37-27-9-7-20(33(42)43)13-29(27)40(30)17-22-10-11-44-22/h3-9,12-13,15-16,22H,10-11,14,17-18H2,1-2H3,(H,42,43). The predicted octanol–water partition coefficient (Wildman–Crippen LogP) is 5.13. The molecule has 1 aliphatic rings.